The molecule has 0 radical (unpaired) electrons. The molecule has 6 nitrogen and oxygen atoms in total. The van der Waals surface area contributed by atoms with Crippen LogP contribution in [0.15, 0.2) is 18.2 Å². The van der Waals surface area contributed by atoms with Gasteiger partial charge in [-0.05, 0) is 37.0 Å². The van der Waals surface area contributed by atoms with Gasteiger partial charge >= 0.3 is 5.97 Å². The number of nitrogens with zero attached hydrogens (tertiary/aromatic N) is 1. The summed E-state index contributed by atoms with van der Waals surface area (Å²) in [5, 5.41) is 9.14. The maximum Gasteiger partial charge on any atom is 0.335 e. The molecule has 1 aromatic carbocycles. The molecule has 1 aliphatic carbocycles. The summed E-state index contributed by atoms with van der Waals surface area (Å²) in [4.78, 5) is 25.6. The first-order chi connectivity index (χ1) is 10.6. The van der Waals surface area contributed by atoms with Crippen LogP contribution in [-0.4, -0.2) is 54.8 Å². The highest BCUT2D eigenvalue weighted by Crippen LogP contribution is 2.36. The number of carbonyl (C=O) groups excluding carboxylic acids is 1. The van der Waals surface area contributed by atoms with Gasteiger partial charge in [-0.15, -0.1) is 0 Å². The Kier molecular flexibility index (Phi) is 4.02. The van der Waals surface area contributed by atoms with E-state index in [2.05, 4.69) is 0 Å². The van der Waals surface area contributed by atoms with Crippen LogP contribution in [0.5, 0.6) is 5.75 Å². The van der Waals surface area contributed by atoms with Crippen molar-refractivity contribution >= 4 is 11.9 Å². The van der Waals surface area contributed by atoms with E-state index in [9.17, 15) is 9.59 Å². The lowest BCUT2D eigenvalue weighted by atomic mass is 10.1. The molecule has 22 heavy (non-hydrogen) atoms. The van der Waals surface area contributed by atoms with Gasteiger partial charge in [0.05, 0.1) is 25.4 Å². The molecule has 1 saturated heterocycles. The highest BCUT2D eigenvalue weighted by Gasteiger charge is 2.36. The van der Waals surface area contributed by atoms with Crippen LogP contribution in [0.1, 0.15) is 33.6 Å². The minimum Gasteiger partial charge on any atom is -0.497 e. The fourth-order valence-corrected chi connectivity index (χ4v) is 2.76. The Labute approximate surface area is 128 Å². The number of carboxylic acids is 1. The van der Waals surface area contributed by atoms with E-state index in [1.54, 1.807) is 11.0 Å². The van der Waals surface area contributed by atoms with Crippen molar-refractivity contribution in [2.75, 3.05) is 26.8 Å². The Morgan fingerprint density at radius 1 is 1.27 bits per heavy atom. The highest BCUT2D eigenvalue weighted by molar-refractivity contribution is 5.98. The molecule has 118 valence electrons. The second-order valence-corrected chi connectivity index (χ2v) is 5.75. The SMILES string of the molecule is COc1cc(C(=O)O)cc(C(=O)N2CCO[C@@H](C3CC3)C2)c1. The van der Waals surface area contributed by atoms with Gasteiger partial charge in [-0.2, -0.15) is 0 Å². The molecule has 2 fully saturated rings. The van der Waals surface area contributed by atoms with Crippen LogP contribution in [-0.2, 0) is 4.74 Å². The van der Waals surface area contributed by atoms with Crippen LogP contribution in [0, 0.1) is 5.92 Å². The van der Waals surface area contributed by atoms with Gasteiger partial charge in [0.15, 0.2) is 0 Å². The van der Waals surface area contributed by atoms with Crippen molar-refractivity contribution in [2.45, 2.75) is 18.9 Å². The summed E-state index contributed by atoms with van der Waals surface area (Å²) in [6.07, 6.45) is 2.44. The van der Waals surface area contributed by atoms with Crippen LogP contribution < -0.4 is 4.74 Å². The Balaban J connectivity index is 1.81. The topological polar surface area (TPSA) is 76.1 Å². The van der Waals surface area contributed by atoms with Crippen molar-refractivity contribution in [3.8, 4) is 5.75 Å². The molecule has 3 rings (SSSR count). The van der Waals surface area contributed by atoms with E-state index in [1.165, 1.54) is 19.2 Å². The third-order valence-corrected chi connectivity index (χ3v) is 4.16. The zero-order valence-electron chi connectivity index (χ0n) is 12.4. The minimum atomic E-state index is -1.08. The monoisotopic (exact) mass is 305 g/mol. The number of methoxy groups -OCH3 is 1. The lowest BCUT2D eigenvalue weighted by Gasteiger charge is -2.33. The van der Waals surface area contributed by atoms with E-state index >= 15 is 0 Å². The summed E-state index contributed by atoms with van der Waals surface area (Å²) >= 11 is 0. The lowest BCUT2D eigenvalue weighted by Crippen LogP contribution is -2.46. The number of carboxylic acid groups (broad SMARTS) is 1. The number of morpholine rings is 1. The summed E-state index contributed by atoms with van der Waals surface area (Å²) in [5.41, 5.74) is 0.392. The summed E-state index contributed by atoms with van der Waals surface area (Å²) in [6, 6.07) is 4.39. The average Bonchev–Trinajstić information content (AvgIpc) is 3.38. The number of hydrogen-bond donors (Lipinski definition) is 1. The van der Waals surface area contributed by atoms with Gasteiger partial charge in [0.1, 0.15) is 5.75 Å². The van der Waals surface area contributed by atoms with Gasteiger partial charge in [0.25, 0.3) is 5.91 Å². The molecular weight excluding hydrogens is 286 g/mol. The first kappa shape index (κ1) is 14.8. The van der Waals surface area contributed by atoms with Gasteiger partial charge in [-0.25, -0.2) is 4.79 Å². The standard InChI is InChI=1S/C16H19NO5/c1-21-13-7-11(6-12(8-13)16(19)20)15(18)17-4-5-22-14(9-17)10-2-3-10/h6-8,10,14H,2-5,9H2,1H3,(H,19,20)/t14-/m1/s1. The lowest BCUT2D eigenvalue weighted by molar-refractivity contribution is -0.0313. The molecule has 1 aromatic rings. The van der Waals surface area contributed by atoms with Crippen LogP contribution >= 0.6 is 0 Å². The predicted octanol–water partition coefficient (Wildman–Crippen LogP) is 1.64. The fourth-order valence-electron chi connectivity index (χ4n) is 2.76. The largest absolute Gasteiger partial charge is 0.497 e. The van der Waals surface area contributed by atoms with Crippen LogP contribution in [0.4, 0.5) is 0 Å². The number of aromatic carboxylic acids is 1. The Morgan fingerprint density at radius 2 is 2.00 bits per heavy atom. The van der Waals surface area contributed by atoms with Crippen LogP contribution in [0.25, 0.3) is 0 Å². The van der Waals surface area contributed by atoms with Gasteiger partial charge in [0, 0.05) is 18.7 Å². The van der Waals surface area contributed by atoms with Gasteiger partial charge < -0.3 is 19.5 Å². The number of carbonyl (C=O) groups is 2. The van der Waals surface area contributed by atoms with E-state index in [1.807, 2.05) is 0 Å². The molecule has 0 aromatic heterocycles. The zero-order valence-corrected chi connectivity index (χ0v) is 12.4. The molecule has 1 saturated carbocycles. The zero-order chi connectivity index (χ0) is 15.7. The van der Waals surface area contributed by atoms with E-state index in [4.69, 9.17) is 14.6 Å². The summed E-state index contributed by atoms with van der Waals surface area (Å²) in [7, 11) is 1.45. The molecule has 2 aliphatic rings. The van der Waals surface area contributed by atoms with Gasteiger partial charge in [0.2, 0.25) is 0 Å². The number of amides is 1. The van der Waals surface area contributed by atoms with E-state index < -0.39 is 5.97 Å². The normalized spacial score (nSPS) is 21.5. The minimum absolute atomic E-state index is 0.0507. The molecule has 1 N–H and O–H groups in total. The first-order valence-electron chi connectivity index (χ1n) is 7.41. The molecule has 0 unspecified atom stereocenters. The average molecular weight is 305 g/mol. The quantitative estimate of drug-likeness (QED) is 0.915. The third-order valence-electron chi connectivity index (χ3n) is 4.16. The second kappa shape index (κ2) is 5.96. The second-order valence-electron chi connectivity index (χ2n) is 5.75. The molecule has 1 atom stereocenters. The van der Waals surface area contributed by atoms with E-state index in [0.29, 0.717) is 36.9 Å². The molecule has 6 heteroatoms. The molecular formula is C16H19NO5. The number of benzene rings is 1. The molecule has 1 heterocycles. The van der Waals surface area contributed by atoms with Crippen molar-refractivity contribution in [1.29, 1.82) is 0 Å². The highest BCUT2D eigenvalue weighted by atomic mass is 16.5. The summed E-state index contributed by atoms with van der Waals surface area (Å²) < 4.78 is 10.8. The van der Waals surface area contributed by atoms with Crippen molar-refractivity contribution in [2.24, 2.45) is 5.92 Å². The Bertz CT molecular complexity index is 596. The van der Waals surface area contributed by atoms with E-state index in [-0.39, 0.29) is 17.6 Å². The molecule has 0 spiro atoms. The number of hydrogen-bond acceptors (Lipinski definition) is 4. The van der Waals surface area contributed by atoms with Crippen molar-refractivity contribution in [3.63, 3.8) is 0 Å². The molecule has 1 aliphatic heterocycles. The Morgan fingerprint density at radius 3 is 2.64 bits per heavy atom. The molecule has 0 bridgehead atoms. The van der Waals surface area contributed by atoms with Gasteiger partial charge in [-0.3, -0.25) is 4.79 Å². The summed E-state index contributed by atoms with van der Waals surface area (Å²) in [6.45, 7) is 1.63. The van der Waals surface area contributed by atoms with Crippen LogP contribution in [0.3, 0.4) is 0 Å². The van der Waals surface area contributed by atoms with E-state index in [0.717, 1.165) is 12.8 Å². The van der Waals surface area contributed by atoms with Crippen LogP contribution in [0.2, 0.25) is 0 Å². The summed E-state index contributed by atoms with van der Waals surface area (Å²) in [5.74, 6) is -0.313. The van der Waals surface area contributed by atoms with Crippen molar-refractivity contribution in [3.05, 3.63) is 29.3 Å². The maximum absolute atomic E-state index is 12.7. The predicted molar refractivity (Wildman–Crippen MR) is 78.3 cm³/mol. The Hall–Kier alpha value is -2.08. The first-order valence-corrected chi connectivity index (χ1v) is 7.41. The number of ether oxygens (including phenoxy) is 2. The fraction of sp³-hybridized carbons (Fsp3) is 0.500. The smallest absolute Gasteiger partial charge is 0.335 e. The maximum atomic E-state index is 12.7. The van der Waals surface area contributed by atoms with Crippen molar-refractivity contribution in [1.82, 2.24) is 4.90 Å². The van der Waals surface area contributed by atoms with Crippen molar-refractivity contribution < 1.29 is 24.2 Å². The third kappa shape index (κ3) is 3.06. The number of rotatable bonds is 4. The molecule has 1 amide bonds. The van der Waals surface area contributed by atoms with Gasteiger partial charge in [-0.1, -0.05) is 0 Å².